The van der Waals surface area contributed by atoms with Gasteiger partial charge in [0.1, 0.15) is 41.7 Å². The number of nitrogens with two attached hydrogens (primary N) is 1. The fourth-order valence-corrected chi connectivity index (χ4v) is 6.20. The number of nitrogens with one attached hydrogen (secondary N) is 5. The molecule has 0 aliphatic heterocycles. The number of carbonyl (C=O) groups excluding carboxylic acids is 5. The SMILES string of the molecule is CSCC[C@H](NC(=O)[C@@H](N)Cc1ccc(O)cc1)C(=O)N[C@@H](CS)C(=O)N[C@@H](CC(=O)O)C(=O)N[C@H](CCSC)C(=O)N[C@@H](Cc1ccc(O)cc1)C(=O)O. The zero-order valence-electron chi connectivity index (χ0n) is 30.2. The highest BCUT2D eigenvalue weighted by molar-refractivity contribution is 7.98. The minimum Gasteiger partial charge on any atom is -0.508 e. The monoisotopic (exact) mass is 824 g/mol. The van der Waals surface area contributed by atoms with Crippen LogP contribution in [0.3, 0.4) is 0 Å². The van der Waals surface area contributed by atoms with Gasteiger partial charge in [-0.15, -0.1) is 0 Å². The van der Waals surface area contributed by atoms with Crippen molar-refractivity contribution in [3.63, 3.8) is 0 Å². The molecule has 0 saturated heterocycles. The van der Waals surface area contributed by atoms with E-state index in [-0.39, 0.29) is 42.9 Å². The van der Waals surface area contributed by atoms with Crippen LogP contribution < -0.4 is 32.3 Å². The Labute approximate surface area is 332 Å². The largest absolute Gasteiger partial charge is 0.508 e. The Kier molecular flexibility index (Phi) is 20.3. The molecular weight excluding hydrogens is 777 g/mol. The number of hydrogen-bond donors (Lipinski definition) is 11. The van der Waals surface area contributed by atoms with Crippen LogP contribution in [-0.2, 0) is 46.4 Å². The maximum atomic E-state index is 13.4. The van der Waals surface area contributed by atoms with Crippen molar-refractivity contribution in [3.8, 4) is 11.5 Å². The molecule has 0 radical (unpaired) electrons. The molecule has 0 saturated carbocycles. The summed E-state index contributed by atoms with van der Waals surface area (Å²) in [7, 11) is 0. The second-order valence-corrected chi connectivity index (χ2v) is 14.7. The fourth-order valence-electron chi connectivity index (χ4n) is 5.00. The number of benzene rings is 2. The van der Waals surface area contributed by atoms with E-state index in [1.165, 1.54) is 59.9 Å². The number of thioether (sulfide) groups is 2. The number of carboxylic acid groups (broad SMARTS) is 2. The Hall–Kier alpha value is -4.66. The summed E-state index contributed by atoms with van der Waals surface area (Å²) in [5, 5.41) is 50.5. The summed E-state index contributed by atoms with van der Waals surface area (Å²) in [5.41, 5.74) is 7.25. The van der Waals surface area contributed by atoms with Crippen LogP contribution in [-0.4, -0.2) is 128 Å². The number of aliphatic carboxylic acids is 2. The average molecular weight is 825 g/mol. The molecule has 0 aromatic heterocycles. The Balaban J connectivity index is 2.16. The Morgan fingerprint density at radius 1 is 0.600 bits per heavy atom. The molecule has 5 amide bonds. The van der Waals surface area contributed by atoms with Crippen molar-refractivity contribution in [1.82, 2.24) is 26.6 Å². The molecule has 302 valence electrons. The van der Waals surface area contributed by atoms with Gasteiger partial charge in [0.2, 0.25) is 29.5 Å². The molecule has 20 heteroatoms. The number of carbonyl (C=O) groups is 7. The van der Waals surface area contributed by atoms with E-state index in [2.05, 4.69) is 39.2 Å². The van der Waals surface area contributed by atoms with E-state index >= 15 is 0 Å². The number of aromatic hydroxyl groups is 2. The van der Waals surface area contributed by atoms with Crippen LogP contribution >= 0.6 is 36.2 Å². The van der Waals surface area contributed by atoms with Gasteiger partial charge < -0.3 is 52.7 Å². The maximum Gasteiger partial charge on any atom is 0.326 e. The van der Waals surface area contributed by atoms with E-state index in [0.29, 0.717) is 22.6 Å². The second-order valence-electron chi connectivity index (χ2n) is 12.3. The van der Waals surface area contributed by atoms with Gasteiger partial charge in [0.25, 0.3) is 0 Å². The number of hydrogen-bond acceptors (Lipinski definition) is 13. The van der Waals surface area contributed by atoms with Gasteiger partial charge in [0.15, 0.2) is 0 Å². The summed E-state index contributed by atoms with van der Waals surface area (Å²) in [6.07, 6.45) is 2.77. The molecule has 0 aliphatic carbocycles. The topological polar surface area (TPSA) is 287 Å². The van der Waals surface area contributed by atoms with Crippen molar-refractivity contribution in [3.05, 3.63) is 59.7 Å². The normalized spacial score (nSPS) is 14.2. The first-order valence-electron chi connectivity index (χ1n) is 16.9. The van der Waals surface area contributed by atoms with E-state index in [9.17, 15) is 54.0 Å². The van der Waals surface area contributed by atoms with Crippen LogP contribution in [0.2, 0.25) is 0 Å². The van der Waals surface area contributed by atoms with Gasteiger partial charge in [-0.3, -0.25) is 28.8 Å². The molecule has 0 spiro atoms. The number of amides is 5. The summed E-state index contributed by atoms with van der Waals surface area (Å²) in [6.45, 7) is 0. The lowest BCUT2D eigenvalue weighted by atomic mass is 10.0. The molecule has 0 aliphatic rings. The zero-order valence-corrected chi connectivity index (χ0v) is 32.8. The Bertz CT molecular complexity index is 1620. The summed E-state index contributed by atoms with van der Waals surface area (Å²) < 4.78 is 0. The highest BCUT2D eigenvalue weighted by atomic mass is 32.2. The first kappa shape index (κ1) is 46.5. The fraction of sp³-hybridized carbons (Fsp3) is 0.457. The number of thiol groups is 1. The Morgan fingerprint density at radius 3 is 1.42 bits per heavy atom. The summed E-state index contributed by atoms with van der Waals surface area (Å²) in [4.78, 5) is 90.2. The molecule has 2 rings (SSSR count). The minimum atomic E-state index is -1.73. The average Bonchev–Trinajstić information content (AvgIpc) is 3.14. The van der Waals surface area contributed by atoms with Crippen molar-refractivity contribution in [2.45, 2.75) is 68.4 Å². The smallest absolute Gasteiger partial charge is 0.326 e. The molecule has 2 aromatic carbocycles. The summed E-state index contributed by atoms with van der Waals surface area (Å²) in [6, 6.07) is 3.74. The molecule has 11 N–H and O–H groups in total. The molecule has 55 heavy (non-hydrogen) atoms. The molecule has 2 aromatic rings. The van der Waals surface area contributed by atoms with Crippen LogP contribution in [0.4, 0.5) is 0 Å². The van der Waals surface area contributed by atoms with Gasteiger partial charge in [-0.25, -0.2) is 4.79 Å². The van der Waals surface area contributed by atoms with Gasteiger partial charge in [-0.2, -0.15) is 36.2 Å². The van der Waals surface area contributed by atoms with E-state index < -0.39 is 84.1 Å². The lowest BCUT2D eigenvalue weighted by Gasteiger charge is -2.26. The summed E-state index contributed by atoms with van der Waals surface area (Å²) >= 11 is 6.89. The molecule has 0 unspecified atom stereocenters. The summed E-state index contributed by atoms with van der Waals surface area (Å²) in [5.74, 6) is -6.64. The highest BCUT2D eigenvalue weighted by Crippen LogP contribution is 2.13. The van der Waals surface area contributed by atoms with E-state index in [0.717, 1.165) is 0 Å². The Morgan fingerprint density at radius 2 is 0.982 bits per heavy atom. The lowest BCUT2D eigenvalue weighted by Crippen LogP contribution is -2.60. The third-order valence-electron chi connectivity index (χ3n) is 8.03. The zero-order chi connectivity index (χ0) is 41.1. The van der Waals surface area contributed by atoms with E-state index in [1.807, 2.05) is 0 Å². The number of phenolic OH excluding ortho intramolecular Hbond substituents is 2. The van der Waals surface area contributed by atoms with Crippen molar-refractivity contribution >= 4 is 77.6 Å². The number of phenols is 2. The van der Waals surface area contributed by atoms with Crippen LogP contribution in [0.5, 0.6) is 11.5 Å². The first-order valence-corrected chi connectivity index (χ1v) is 20.4. The van der Waals surface area contributed by atoms with Gasteiger partial charge in [0.05, 0.1) is 12.5 Å². The van der Waals surface area contributed by atoms with E-state index in [4.69, 9.17) is 5.73 Å². The number of carboxylic acids is 2. The predicted molar refractivity (Wildman–Crippen MR) is 211 cm³/mol. The maximum absolute atomic E-state index is 13.4. The van der Waals surface area contributed by atoms with Crippen LogP contribution in [0, 0.1) is 0 Å². The second kappa shape index (κ2) is 24.0. The van der Waals surface area contributed by atoms with Crippen molar-refractivity contribution in [2.24, 2.45) is 5.73 Å². The van der Waals surface area contributed by atoms with E-state index in [1.54, 1.807) is 24.6 Å². The predicted octanol–water partition coefficient (Wildman–Crippen LogP) is -0.370. The molecular formula is C35H48N6O11S3. The van der Waals surface area contributed by atoms with Gasteiger partial charge in [-0.05, 0) is 78.7 Å². The van der Waals surface area contributed by atoms with Gasteiger partial charge in [0, 0.05) is 12.2 Å². The molecule has 0 heterocycles. The minimum absolute atomic E-state index is 0.0229. The van der Waals surface area contributed by atoms with Crippen molar-refractivity contribution in [1.29, 1.82) is 0 Å². The quantitative estimate of drug-likeness (QED) is 0.0603. The van der Waals surface area contributed by atoms with Gasteiger partial charge in [-0.1, -0.05) is 24.3 Å². The molecule has 6 atom stereocenters. The molecule has 17 nitrogen and oxygen atoms in total. The highest BCUT2D eigenvalue weighted by Gasteiger charge is 2.33. The van der Waals surface area contributed by atoms with Crippen LogP contribution in [0.15, 0.2) is 48.5 Å². The van der Waals surface area contributed by atoms with Crippen LogP contribution in [0.1, 0.15) is 30.4 Å². The molecule has 0 fully saturated rings. The van der Waals surface area contributed by atoms with Crippen molar-refractivity contribution < 1.29 is 54.0 Å². The van der Waals surface area contributed by atoms with Crippen molar-refractivity contribution in [2.75, 3.05) is 29.8 Å². The van der Waals surface area contributed by atoms with Crippen LogP contribution in [0.25, 0.3) is 0 Å². The standard InChI is InChI=1S/C35H48N6O11S3/c1-54-13-11-24(37-30(46)23(36)15-19-3-7-21(42)8-4-19)32(48)41-28(18-53)34(50)39-26(17-29(44)45)33(49)38-25(12-14-55-2)31(47)40-27(35(51)52)16-20-5-9-22(43)10-6-20/h3-10,23-28,42-43,53H,11-18,36H2,1-2H3,(H,37,46)(H,38,49)(H,39,50)(H,40,47)(H,41,48)(H,44,45)(H,51,52)/t23-,24-,25+,26-,27-,28-/m0/s1. The first-order chi connectivity index (χ1) is 26.1. The third-order valence-corrected chi connectivity index (χ3v) is 9.69. The lowest BCUT2D eigenvalue weighted by molar-refractivity contribution is -0.143. The third kappa shape index (κ3) is 16.7. The van der Waals surface area contributed by atoms with Gasteiger partial charge >= 0.3 is 11.9 Å². The molecule has 0 bridgehead atoms. The number of rotatable bonds is 24.